The summed E-state index contributed by atoms with van der Waals surface area (Å²) in [7, 11) is 3.28. The Hall–Kier alpha value is -2.66. The molecule has 25 heavy (non-hydrogen) atoms. The van der Waals surface area contributed by atoms with Gasteiger partial charge in [-0.15, -0.1) is 0 Å². The molecule has 0 amide bonds. The third kappa shape index (κ3) is 5.72. The summed E-state index contributed by atoms with van der Waals surface area (Å²) >= 11 is 0. The fourth-order valence-corrected chi connectivity index (χ4v) is 2.41. The summed E-state index contributed by atoms with van der Waals surface area (Å²) in [6.07, 6.45) is 1.85. The molecule has 4 N–H and O–H groups in total. The van der Waals surface area contributed by atoms with Gasteiger partial charge in [0, 0.05) is 25.3 Å². The van der Waals surface area contributed by atoms with E-state index < -0.39 is 0 Å². The van der Waals surface area contributed by atoms with Gasteiger partial charge in [-0.3, -0.25) is 0 Å². The highest BCUT2D eigenvalue weighted by molar-refractivity contribution is 5.61. The number of hydrogen-bond acceptors (Lipinski definition) is 5. The first-order chi connectivity index (χ1) is 12.1. The fourth-order valence-electron chi connectivity index (χ4n) is 2.41. The Morgan fingerprint density at radius 2 is 1.80 bits per heavy atom. The second-order valence-corrected chi connectivity index (χ2v) is 5.85. The molecule has 134 valence electrons. The van der Waals surface area contributed by atoms with Crippen LogP contribution in [0.2, 0.25) is 0 Å². The van der Waals surface area contributed by atoms with E-state index in [0.29, 0.717) is 0 Å². The zero-order valence-electron chi connectivity index (χ0n) is 15.1. The van der Waals surface area contributed by atoms with Crippen LogP contribution in [0, 0.1) is 0 Å². The van der Waals surface area contributed by atoms with Crippen LogP contribution in [0.5, 0.6) is 11.5 Å². The first kappa shape index (κ1) is 18.7. The lowest BCUT2D eigenvalue weighted by Gasteiger charge is -2.15. The Labute approximate surface area is 149 Å². The molecule has 0 heterocycles. The molecule has 0 bridgehead atoms. The van der Waals surface area contributed by atoms with Crippen molar-refractivity contribution >= 4 is 5.70 Å². The maximum atomic E-state index is 6.06. The molecule has 2 aromatic carbocycles. The zero-order valence-corrected chi connectivity index (χ0v) is 15.1. The lowest BCUT2D eigenvalue weighted by molar-refractivity contribution is 0.354. The zero-order chi connectivity index (χ0) is 18.1. The molecule has 0 spiro atoms. The molecule has 0 aromatic heterocycles. The second-order valence-electron chi connectivity index (χ2n) is 5.85. The minimum Gasteiger partial charge on any atom is -0.493 e. The number of nitrogens with two attached hydrogens (primary N) is 1. The number of methoxy groups -OCH3 is 2. The van der Waals surface area contributed by atoms with Crippen LogP contribution < -0.4 is 25.8 Å². The van der Waals surface area contributed by atoms with E-state index in [-0.39, 0.29) is 6.04 Å². The van der Waals surface area contributed by atoms with Crippen LogP contribution in [0.1, 0.15) is 18.1 Å². The molecular formula is C20H27N3O2. The highest BCUT2D eigenvalue weighted by Crippen LogP contribution is 2.27. The Morgan fingerprint density at radius 3 is 2.48 bits per heavy atom. The minimum absolute atomic E-state index is 0.285. The molecule has 5 heteroatoms. The lowest BCUT2D eigenvalue weighted by atomic mass is 10.2. The van der Waals surface area contributed by atoms with Crippen molar-refractivity contribution in [2.75, 3.05) is 20.8 Å². The highest BCUT2D eigenvalue weighted by Gasteiger charge is 2.06. The summed E-state index contributed by atoms with van der Waals surface area (Å²) in [5, 5.41) is 6.74. The van der Waals surface area contributed by atoms with Crippen molar-refractivity contribution in [3.8, 4) is 11.5 Å². The number of benzene rings is 2. The Balaban J connectivity index is 1.80. The van der Waals surface area contributed by atoms with Gasteiger partial charge in [0.2, 0.25) is 0 Å². The van der Waals surface area contributed by atoms with Crippen LogP contribution in [-0.2, 0) is 6.54 Å². The summed E-state index contributed by atoms with van der Waals surface area (Å²) in [4.78, 5) is 0. The van der Waals surface area contributed by atoms with Gasteiger partial charge in [-0.25, -0.2) is 0 Å². The molecule has 0 saturated heterocycles. The van der Waals surface area contributed by atoms with Crippen molar-refractivity contribution in [3.63, 3.8) is 0 Å². The standard InChI is InChI=1S/C20H27N3O2/c1-15(12-22-14-18(21)17-7-5-4-6-8-17)23-13-16-9-10-19(24-2)20(11-16)25-3/h4-11,14-15,22-23H,12-13,21H2,1-3H3/b18-14-. The Bertz CT molecular complexity index is 687. The minimum atomic E-state index is 0.285. The van der Waals surface area contributed by atoms with Crippen molar-refractivity contribution < 1.29 is 9.47 Å². The molecule has 0 saturated carbocycles. The monoisotopic (exact) mass is 341 g/mol. The summed E-state index contributed by atoms with van der Waals surface area (Å²) in [5.41, 5.74) is 8.94. The van der Waals surface area contributed by atoms with E-state index in [0.717, 1.165) is 41.4 Å². The summed E-state index contributed by atoms with van der Waals surface area (Å²) < 4.78 is 10.6. The number of hydrogen-bond donors (Lipinski definition) is 3. The average Bonchev–Trinajstić information content (AvgIpc) is 2.66. The quantitative estimate of drug-likeness (QED) is 0.654. The van der Waals surface area contributed by atoms with Crippen molar-refractivity contribution in [2.24, 2.45) is 5.73 Å². The van der Waals surface area contributed by atoms with E-state index in [1.165, 1.54) is 0 Å². The molecule has 0 fully saturated rings. The first-order valence-electron chi connectivity index (χ1n) is 8.32. The van der Waals surface area contributed by atoms with Crippen LogP contribution in [-0.4, -0.2) is 26.8 Å². The topological polar surface area (TPSA) is 68.5 Å². The van der Waals surface area contributed by atoms with Gasteiger partial charge in [0.1, 0.15) is 0 Å². The molecule has 0 aliphatic carbocycles. The number of rotatable bonds is 9. The van der Waals surface area contributed by atoms with Gasteiger partial charge in [-0.1, -0.05) is 36.4 Å². The molecule has 5 nitrogen and oxygen atoms in total. The van der Waals surface area contributed by atoms with Crippen molar-refractivity contribution in [2.45, 2.75) is 19.5 Å². The highest BCUT2D eigenvalue weighted by atomic mass is 16.5. The van der Waals surface area contributed by atoms with Crippen LogP contribution >= 0.6 is 0 Å². The van der Waals surface area contributed by atoms with Crippen LogP contribution in [0.15, 0.2) is 54.7 Å². The van der Waals surface area contributed by atoms with Crippen LogP contribution in [0.25, 0.3) is 5.70 Å². The molecule has 0 aliphatic rings. The van der Waals surface area contributed by atoms with Crippen molar-refractivity contribution in [1.29, 1.82) is 0 Å². The van der Waals surface area contributed by atoms with E-state index in [1.54, 1.807) is 14.2 Å². The van der Waals surface area contributed by atoms with Crippen molar-refractivity contribution in [3.05, 3.63) is 65.9 Å². The van der Waals surface area contributed by atoms with Gasteiger partial charge in [-0.2, -0.15) is 0 Å². The van der Waals surface area contributed by atoms with Gasteiger partial charge < -0.3 is 25.8 Å². The fraction of sp³-hybridized carbons (Fsp3) is 0.300. The van der Waals surface area contributed by atoms with E-state index in [2.05, 4.69) is 17.6 Å². The van der Waals surface area contributed by atoms with E-state index in [9.17, 15) is 0 Å². The van der Waals surface area contributed by atoms with Gasteiger partial charge in [0.25, 0.3) is 0 Å². The predicted molar refractivity (Wildman–Crippen MR) is 102 cm³/mol. The maximum absolute atomic E-state index is 6.06. The molecule has 1 unspecified atom stereocenters. The molecule has 0 radical (unpaired) electrons. The van der Waals surface area contributed by atoms with E-state index in [1.807, 2.05) is 54.7 Å². The van der Waals surface area contributed by atoms with Crippen LogP contribution in [0.3, 0.4) is 0 Å². The largest absolute Gasteiger partial charge is 0.493 e. The third-order valence-electron chi connectivity index (χ3n) is 3.89. The van der Waals surface area contributed by atoms with Gasteiger partial charge >= 0.3 is 0 Å². The molecule has 2 aromatic rings. The SMILES string of the molecule is COc1ccc(CNC(C)CN/C=C(\N)c2ccccc2)cc1OC. The molecule has 2 rings (SSSR count). The Morgan fingerprint density at radius 1 is 1.08 bits per heavy atom. The predicted octanol–water partition coefficient (Wildman–Crippen LogP) is 2.73. The molecule has 0 aliphatic heterocycles. The van der Waals surface area contributed by atoms with Gasteiger partial charge in [0.15, 0.2) is 11.5 Å². The smallest absolute Gasteiger partial charge is 0.161 e. The normalized spacial score (nSPS) is 12.5. The Kier molecular flexibility index (Phi) is 7.16. The third-order valence-corrected chi connectivity index (χ3v) is 3.89. The molecule has 1 atom stereocenters. The maximum Gasteiger partial charge on any atom is 0.161 e. The van der Waals surface area contributed by atoms with E-state index in [4.69, 9.17) is 15.2 Å². The summed E-state index contributed by atoms with van der Waals surface area (Å²) in [5.74, 6) is 1.48. The first-order valence-corrected chi connectivity index (χ1v) is 8.32. The van der Waals surface area contributed by atoms with Crippen molar-refractivity contribution in [1.82, 2.24) is 10.6 Å². The summed E-state index contributed by atoms with van der Waals surface area (Å²) in [6.45, 7) is 3.65. The second kappa shape index (κ2) is 9.59. The van der Waals surface area contributed by atoms with Crippen LogP contribution in [0.4, 0.5) is 0 Å². The number of ether oxygens (including phenoxy) is 2. The van der Waals surface area contributed by atoms with E-state index >= 15 is 0 Å². The average molecular weight is 341 g/mol. The molecular weight excluding hydrogens is 314 g/mol. The lowest BCUT2D eigenvalue weighted by Crippen LogP contribution is -2.34. The summed E-state index contributed by atoms with van der Waals surface area (Å²) in [6, 6.07) is 16.1. The van der Waals surface area contributed by atoms with Gasteiger partial charge in [0.05, 0.1) is 19.9 Å². The van der Waals surface area contributed by atoms with Gasteiger partial charge in [-0.05, 0) is 30.2 Å². The number of nitrogens with one attached hydrogen (secondary N) is 2.